The van der Waals surface area contributed by atoms with Crippen molar-refractivity contribution >= 4 is 50.2 Å². The zero-order chi connectivity index (χ0) is 22.0. The van der Waals surface area contributed by atoms with Crippen LogP contribution in [0.1, 0.15) is 32.0 Å². The number of esters is 1. The van der Waals surface area contributed by atoms with Gasteiger partial charge in [0, 0.05) is 16.8 Å². The van der Waals surface area contributed by atoms with Gasteiger partial charge < -0.3 is 4.74 Å². The first-order chi connectivity index (χ1) is 15.0. The lowest BCUT2D eigenvalue weighted by molar-refractivity contribution is 0.0600. The number of pyridine rings is 1. The Labute approximate surface area is 188 Å². The zero-order valence-electron chi connectivity index (χ0n) is 16.8. The summed E-state index contributed by atoms with van der Waals surface area (Å²) < 4.78 is 5.63. The zero-order valence-corrected chi connectivity index (χ0v) is 18.4. The van der Waals surface area contributed by atoms with Gasteiger partial charge in [-0.25, -0.2) is 9.78 Å². The fourth-order valence-electron chi connectivity index (χ4n) is 3.16. The van der Waals surface area contributed by atoms with E-state index in [-0.39, 0.29) is 12.5 Å². The molecule has 1 amide bonds. The van der Waals surface area contributed by atoms with Gasteiger partial charge in [-0.05, 0) is 61.0 Å². The van der Waals surface area contributed by atoms with E-state index < -0.39 is 5.97 Å². The monoisotopic (exact) mass is 451 g/mol. The highest BCUT2D eigenvalue weighted by Gasteiger charge is 2.23. The van der Waals surface area contributed by atoms with Crippen LogP contribution in [-0.4, -0.2) is 29.0 Å². The second-order valence-corrected chi connectivity index (χ2v) is 8.29. The quantitative estimate of drug-likeness (QED) is 0.385. The number of nitrogens with zero attached hydrogens (tertiary/aromatic N) is 3. The predicted molar refractivity (Wildman–Crippen MR) is 122 cm³/mol. The first-order valence-electron chi connectivity index (χ1n) is 9.43. The van der Waals surface area contributed by atoms with Crippen LogP contribution in [0.25, 0.3) is 10.2 Å². The van der Waals surface area contributed by atoms with Crippen LogP contribution >= 0.6 is 22.9 Å². The maximum atomic E-state index is 13.5. The number of thiazole rings is 1. The average molecular weight is 452 g/mol. The Morgan fingerprint density at radius 3 is 2.52 bits per heavy atom. The first kappa shape index (κ1) is 21.0. The molecular formula is C23H18ClN3O3S. The number of fused-ring (bicyclic) bond motifs is 1. The van der Waals surface area contributed by atoms with Gasteiger partial charge in [0.05, 0.1) is 35.1 Å². The molecular weight excluding hydrogens is 434 g/mol. The normalized spacial score (nSPS) is 10.8. The molecule has 0 fully saturated rings. The topological polar surface area (TPSA) is 72.4 Å². The molecule has 8 heteroatoms. The van der Waals surface area contributed by atoms with Crippen molar-refractivity contribution < 1.29 is 14.3 Å². The summed E-state index contributed by atoms with van der Waals surface area (Å²) in [5.41, 5.74) is 3.29. The SMILES string of the molecule is COC(=O)c1ccc(C(=O)N(Cc2ccccn2)c2nc3c(C)cc(Cl)cc3s2)cc1. The third-order valence-electron chi connectivity index (χ3n) is 4.71. The number of amides is 1. The average Bonchev–Trinajstić information content (AvgIpc) is 3.21. The van der Waals surface area contributed by atoms with E-state index in [1.54, 1.807) is 35.4 Å². The van der Waals surface area contributed by atoms with Crippen LogP contribution in [0.4, 0.5) is 5.13 Å². The summed E-state index contributed by atoms with van der Waals surface area (Å²) in [7, 11) is 1.32. The number of hydrogen-bond acceptors (Lipinski definition) is 6. The lowest BCUT2D eigenvalue weighted by atomic mass is 10.1. The molecule has 2 heterocycles. The van der Waals surface area contributed by atoms with Gasteiger partial charge in [-0.15, -0.1) is 0 Å². The number of benzene rings is 2. The number of methoxy groups -OCH3 is 1. The van der Waals surface area contributed by atoms with E-state index in [1.165, 1.54) is 18.4 Å². The lowest BCUT2D eigenvalue weighted by Crippen LogP contribution is -2.30. The van der Waals surface area contributed by atoms with Crippen molar-refractivity contribution in [3.05, 3.63) is 88.2 Å². The van der Waals surface area contributed by atoms with E-state index in [0.29, 0.717) is 21.3 Å². The molecule has 2 aromatic heterocycles. The van der Waals surface area contributed by atoms with E-state index in [1.807, 2.05) is 37.3 Å². The Kier molecular flexibility index (Phi) is 5.97. The van der Waals surface area contributed by atoms with Gasteiger partial charge in [-0.1, -0.05) is 29.0 Å². The summed E-state index contributed by atoms with van der Waals surface area (Å²) in [5, 5.41) is 1.18. The Balaban J connectivity index is 1.75. The van der Waals surface area contributed by atoms with Crippen LogP contribution < -0.4 is 4.90 Å². The van der Waals surface area contributed by atoms with Crippen LogP contribution in [-0.2, 0) is 11.3 Å². The van der Waals surface area contributed by atoms with Crippen LogP contribution in [0.15, 0.2) is 60.8 Å². The van der Waals surface area contributed by atoms with Crippen LogP contribution in [0.3, 0.4) is 0 Å². The van der Waals surface area contributed by atoms with Gasteiger partial charge >= 0.3 is 5.97 Å². The van der Waals surface area contributed by atoms with Gasteiger partial charge in [-0.2, -0.15) is 0 Å². The molecule has 0 unspecified atom stereocenters. The van der Waals surface area contributed by atoms with Crippen molar-refractivity contribution in [2.75, 3.05) is 12.0 Å². The number of hydrogen-bond donors (Lipinski definition) is 0. The minimum atomic E-state index is -0.456. The maximum Gasteiger partial charge on any atom is 0.337 e. The second-order valence-electron chi connectivity index (χ2n) is 6.85. The molecule has 4 aromatic rings. The molecule has 0 bridgehead atoms. The van der Waals surface area contributed by atoms with Crippen LogP contribution in [0, 0.1) is 6.92 Å². The number of halogens is 1. The summed E-state index contributed by atoms with van der Waals surface area (Å²) in [6, 6.07) is 15.6. The summed E-state index contributed by atoms with van der Waals surface area (Å²) in [5.74, 6) is -0.701. The summed E-state index contributed by atoms with van der Waals surface area (Å²) in [6.07, 6.45) is 1.69. The smallest absolute Gasteiger partial charge is 0.337 e. The maximum absolute atomic E-state index is 13.5. The van der Waals surface area contributed by atoms with Crippen molar-refractivity contribution in [1.29, 1.82) is 0 Å². The number of carbonyl (C=O) groups excluding carboxylic acids is 2. The third kappa shape index (κ3) is 4.42. The number of ether oxygens (including phenoxy) is 1. The summed E-state index contributed by atoms with van der Waals surface area (Å²) in [4.78, 5) is 35.8. The largest absolute Gasteiger partial charge is 0.465 e. The standard InChI is InChI=1S/C23H18ClN3O3S/c1-14-11-17(24)12-19-20(14)26-23(31-19)27(13-18-5-3-4-10-25-18)21(28)15-6-8-16(9-7-15)22(29)30-2/h3-12H,13H2,1-2H3. The van der Waals surface area contributed by atoms with Crippen molar-refractivity contribution in [3.63, 3.8) is 0 Å². The van der Waals surface area contributed by atoms with Crippen molar-refractivity contribution in [2.45, 2.75) is 13.5 Å². The Hall–Kier alpha value is -3.29. The van der Waals surface area contributed by atoms with Gasteiger partial charge in [0.25, 0.3) is 5.91 Å². The fourth-order valence-corrected chi connectivity index (χ4v) is 4.58. The van der Waals surface area contributed by atoms with Crippen LogP contribution in [0.5, 0.6) is 0 Å². The third-order valence-corrected chi connectivity index (χ3v) is 5.96. The highest BCUT2D eigenvalue weighted by molar-refractivity contribution is 7.22. The molecule has 4 rings (SSSR count). The van der Waals surface area contributed by atoms with Gasteiger partial charge in [-0.3, -0.25) is 14.7 Å². The molecule has 0 aliphatic carbocycles. The van der Waals surface area contributed by atoms with E-state index in [0.717, 1.165) is 21.5 Å². The van der Waals surface area contributed by atoms with Crippen molar-refractivity contribution in [2.24, 2.45) is 0 Å². The lowest BCUT2D eigenvalue weighted by Gasteiger charge is -2.19. The predicted octanol–water partition coefficient (Wildman–Crippen LogP) is 5.29. The molecule has 0 aliphatic heterocycles. The number of rotatable bonds is 5. The van der Waals surface area contributed by atoms with Gasteiger partial charge in [0.15, 0.2) is 5.13 Å². The first-order valence-corrected chi connectivity index (χ1v) is 10.6. The number of aromatic nitrogens is 2. The Morgan fingerprint density at radius 2 is 1.84 bits per heavy atom. The van der Waals surface area contributed by atoms with E-state index in [9.17, 15) is 9.59 Å². The van der Waals surface area contributed by atoms with Gasteiger partial charge in [0.1, 0.15) is 0 Å². The minimum absolute atomic E-state index is 0.245. The number of aryl methyl sites for hydroxylation is 1. The van der Waals surface area contributed by atoms with Crippen LogP contribution in [0.2, 0.25) is 5.02 Å². The molecule has 2 aromatic carbocycles. The molecule has 0 aliphatic rings. The summed E-state index contributed by atoms with van der Waals surface area (Å²) >= 11 is 7.60. The van der Waals surface area contributed by atoms with E-state index >= 15 is 0 Å². The second kappa shape index (κ2) is 8.83. The molecule has 31 heavy (non-hydrogen) atoms. The highest BCUT2D eigenvalue weighted by atomic mass is 35.5. The molecule has 0 saturated carbocycles. The number of anilines is 1. The number of carbonyl (C=O) groups is 2. The Bertz CT molecular complexity index is 1260. The molecule has 0 saturated heterocycles. The molecule has 0 N–H and O–H groups in total. The minimum Gasteiger partial charge on any atom is -0.465 e. The molecule has 0 spiro atoms. The highest BCUT2D eigenvalue weighted by Crippen LogP contribution is 2.34. The molecule has 0 atom stereocenters. The molecule has 0 radical (unpaired) electrons. The van der Waals surface area contributed by atoms with E-state index in [2.05, 4.69) is 4.98 Å². The Morgan fingerprint density at radius 1 is 1.10 bits per heavy atom. The van der Waals surface area contributed by atoms with Crippen molar-refractivity contribution in [3.8, 4) is 0 Å². The molecule has 156 valence electrons. The van der Waals surface area contributed by atoms with E-state index in [4.69, 9.17) is 21.3 Å². The molecule has 6 nitrogen and oxygen atoms in total. The van der Waals surface area contributed by atoms with Gasteiger partial charge in [0.2, 0.25) is 0 Å². The fraction of sp³-hybridized carbons (Fsp3) is 0.130. The summed E-state index contributed by atoms with van der Waals surface area (Å²) in [6.45, 7) is 2.19. The van der Waals surface area contributed by atoms with Crippen molar-refractivity contribution in [1.82, 2.24) is 9.97 Å².